The number of carbonyl (C=O) groups excluding carboxylic acids is 3. The molecule has 2 aromatic carbocycles. The fourth-order valence-corrected chi connectivity index (χ4v) is 3.03. The molecule has 0 radical (unpaired) electrons. The van der Waals surface area contributed by atoms with Crippen LogP contribution in [0.5, 0.6) is 0 Å². The second-order valence-corrected chi connectivity index (χ2v) is 6.56. The predicted octanol–water partition coefficient (Wildman–Crippen LogP) is 2.22. The molecule has 6 nitrogen and oxygen atoms in total. The SMILES string of the molecule is O=C(Cc1ccccc1)NCC(=O)Nc1ccc(C(=O)N2CCCC2)cc1. The minimum Gasteiger partial charge on any atom is -0.347 e. The Hall–Kier alpha value is -3.15. The maximum absolute atomic E-state index is 12.3. The van der Waals surface area contributed by atoms with E-state index in [2.05, 4.69) is 10.6 Å². The average molecular weight is 365 g/mol. The molecule has 1 aliphatic heterocycles. The molecule has 1 saturated heterocycles. The summed E-state index contributed by atoms with van der Waals surface area (Å²) in [5, 5.41) is 5.32. The summed E-state index contributed by atoms with van der Waals surface area (Å²) in [6.45, 7) is 1.51. The molecule has 2 N–H and O–H groups in total. The highest BCUT2D eigenvalue weighted by atomic mass is 16.2. The van der Waals surface area contributed by atoms with E-state index in [0.717, 1.165) is 31.5 Å². The van der Waals surface area contributed by atoms with Crippen molar-refractivity contribution in [2.45, 2.75) is 19.3 Å². The maximum atomic E-state index is 12.3. The minimum absolute atomic E-state index is 0.0264. The van der Waals surface area contributed by atoms with Crippen molar-refractivity contribution in [2.24, 2.45) is 0 Å². The number of carbonyl (C=O) groups is 3. The Kier molecular flexibility index (Phi) is 6.20. The second kappa shape index (κ2) is 8.98. The Labute approximate surface area is 158 Å². The van der Waals surface area contributed by atoms with Crippen molar-refractivity contribution < 1.29 is 14.4 Å². The Bertz CT molecular complexity index is 797. The number of hydrogen-bond acceptors (Lipinski definition) is 3. The van der Waals surface area contributed by atoms with Gasteiger partial charge in [-0.25, -0.2) is 0 Å². The largest absolute Gasteiger partial charge is 0.347 e. The van der Waals surface area contributed by atoms with Crippen molar-refractivity contribution in [3.8, 4) is 0 Å². The van der Waals surface area contributed by atoms with Crippen LogP contribution in [0.3, 0.4) is 0 Å². The van der Waals surface area contributed by atoms with Crippen molar-refractivity contribution in [3.05, 3.63) is 65.7 Å². The molecule has 1 fully saturated rings. The van der Waals surface area contributed by atoms with Crippen LogP contribution in [-0.4, -0.2) is 42.3 Å². The Morgan fingerprint density at radius 2 is 1.52 bits per heavy atom. The van der Waals surface area contributed by atoms with E-state index in [1.54, 1.807) is 24.3 Å². The summed E-state index contributed by atoms with van der Waals surface area (Å²) in [4.78, 5) is 38.0. The monoisotopic (exact) mass is 365 g/mol. The van der Waals surface area contributed by atoms with Gasteiger partial charge >= 0.3 is 0 Å². The van der Waals surface area contributed by atoms with Crippen LogP contribution in [0.1, 0.15) is 28.8 Å². The molecule has 0 bridgehead atoms. The summed E-state index contributed by atoms with van der Waals surface area (Å²) in [6, 6.07) is 16.2. The van der Waals surface area contributed by atoms with Crippen LogP contribution in [0.4, 0.5) is 5.69 Å². The molecule has 1 heterocycles. The van der Waals surface area contributed by atoms with Gasteiger partial charge in [0.05, 0.1) is 13.0 Å². The summed E-state index contributed by atoms with van der Waals surface area (Å²) in [5.41, 5.74) is 2.11. The molecular weight excluding hydrogens is 342 g/mol. The van der Waals surface area contributed by atoms with Crippen LogP contribution >= 0.6 is 0 Å². The van der Waals surface area contributed by atoms with Crippen molar-refractivity contribution in [1.29, 1.82) is 0 Å². The topological polar surface area (TPSA) is 78.5 Å². The van der Waals surface area contributed by atoms with E-state index in [4.69, 9.17) is 0 Å². The zero-order chi connectivity index (χ0) is 19.1. The molecular formula is C21H23N3O3. The number of anilines is 1. The number of likely N-dealkylation sites (tertiary alicyclic amines) is 1. The van der Waals surface area contributed by atoms with E-state index >= 15 is 0 Å². The lowest BCUT2D eigenvalue weighted by Gasteiger charge is -2.15. The summed E-state index contributed by atoms with van der Waals surface area (Å²) < 4.78 is 0. The van der Waals surface area contributed by atoms with Crippen molar-refractivity contribution >= 4 is 23.4 Å². The zero-order valence-corrected chi connectivity index (χ0v) is 15.1. The normalized spacial score (nSPS) is 13.3. The third-order valence-corrected chi connectivity index (χ3v) is 4.46. The van der Waals surface area contributed by atoms with E-state index in [9.17, 15) is 14.4 Å². The molecule has 6 heteroatoms. The molecule has 3 rings (SSSR count). The fourth-order valence-electron chi connectivity index (χ4n) is 3.03. The van der Waals surface area contributed by atoms with E-state index < -0.39 is 0 Å². The van der Waals surface area contributed by atoms with Crippen LogP contribution in [0, 0.1) is 0 Å². The fraction of sp³-hybridized carbons (Fsp3) is 0.286. The van der Waals surface area contributed by atoms with Gasteiger partial charge in [0.2, 0.25) is 11.8 Å². The predicted molar refractivity (Wildman–Crippen MR) is 103 cm³/mol. The lowest BCUT2D eigenvalue weighted by atomic mass is 10.1. The lowest BCUT2D eigenvalue weighted by Crippen LogP contribution is -2.33. The maximum Gasteiger partial charge on any atom is 0.253 e. The number of amides is 3. The van der Waals surface area contributed by atoms with E-state index in [1.807, 2.05) is 35.2 Å². The van der Waals surface area contributed by atoms with Gasteiger partial charge in [0.25, 0.3) is 5.91 Å². The third kappa shape index (κ3) is 5.41. The van der Waals surface area contributed by atoms with Gasteiger partial charge in [-0.3, -0.25) is 14.4 Å². The highest BCUT2D eigenvalue weighted by Crippen LogP contribution is 2.15. The Morgan fingerprint density at radius 3 is 2.19 bits per heavy atom. The smallest absolute Gasteiger partial charge is 0.253 e. The Morgan fingerprint density at radius 1 is 0.852 bits per heavy atom. The number of rotatable bonds is 6. The van der Waals surface area contributed by atoms with E-state index in [1.165, 1.54) is 0 Å². The summed E-state index contributed by atoms with van der Waals surface area (Å²) in [6.07, 6.45) is 2.34. The van der Waals surface area contributed by atoms with Crippen LogP contribution in [0.15, 0.2) is 54.6 Å². The van der Waals surface area contributed by atoms with Crippen LogP contribution in [-0.2, 0) is 16.0 Å². The molecule has 27 heavy (non-hydrogen) atoms. The van der Waals surface area contributed by atoms with E-state index in [-0.39, 0.29) is 30.7 Å². The first-order valence-corrected chi connectivity index (χ1v) is 9.11. The van der Waals surface area contributed by atoms with Gasteiger partial charge in [-0.15, -0.1) is 0 Å². The average Bonchev–Trinajstić information content (AvgIpc) is 3.22. The number of benzene rings is 2. The van der Waals surface area contributed by atoms with Gasteiger partial charge in [0, 0.05) is 24.3 Å². The molecule has 2 aromatic rings. The highest BCUT2D eigenvalue weighted by molar-refractivity contribution is 5.97. The van der Waals surface area contributed by atoms with Crippen LogP contribution in [0.25, 0.3) is 0 Å². The second-order valence-electron chi connectivity index (χ2n) is 6.56. The van der Waals surface area contributed by atoms with Gasteiger partial charge in [-0.2, -0.15) is 0 Å². The minimum atomic E-state index is -0.310. The van der Waals surface area contributed by atoms with Crippen molar-refractivity contribution in [3.63, 3.8) is 0 Å². The summed E-state index contributed by atoms with van der Waals surface area (Å²) in [5.74, 6) is -0.489. The van der Waals surface area contributed by atoms with Gasteiger partial charge in [-0.1, -0.05) is 30.3 Å². The first-order chi connectivity index (χ1) is 13.1. The first-order valence-electron chi connectivity index (χ1n) is 9.11. The van der Waals surface area contributed by atoms with E-state index in [0.29, 0.717) is 11.3 Å². The first kappa shape index (κ1) is 18.6. The summed E-state index contributed by atoms with van der Waals surface area (Å²) >= 11 is 0. The van der Waals surface area contributed by atoms with Crippen LogP contribution < -0.4 is 10.6 Å². The quantitative estimate of drug-likeness (QED) is 0.824. The Balaban J connectivity index is 1.45. The van der Waals surface area contributed by atoms with Gasteiger partial charge in [-0.05, 0) is 42.7 Å². The van der Waals surface area contributed by atoms with Gasteiger partial charge in [0.15, 0.2) is 0 Å². The zero-order valence-electron chi connectivity index (χ0n) is 15.1. The molecule has 0 aliphatic carbocycles. The molecule has 0 atom stereocenters. The molecule has 0 spiro atoms. The molecule has 0 saturated carbocycles. The molecule has 3 amide bonds. The lowest BCUT2D eigenvalue weighted by molar-refractivity contribution is -0.123. The number of nitrogens with one attached hydrogen (secondary N) is 2. The van der Waals surface area contributed by atoms with Crippen LogP contribution in [0.2, 0.25) is 0 Å². The number of nitrogens with zero attached hydrogens (tertiary/aromatic N) is 1. The third-order valence-electron chi connectivity index (χ3n) is 4.46. The molecule has 140 valence electrons. The summed E-state index contributed by atoms with van der Waals surface area (Å²) in [7, 11) is 0. The van der Waals surface area contributed by atoms with Crippen molar-refractivity contribution in [1.82, 2.24) is 10.2 Å². The molecule has 0 aromatic heterocycles. The highest BCUT2D eigenvalue weighted by Gasteiger charge is 2.19. The van der Waals surface area contributed by atoms with Gasteiger partial charge in [0.1, 0.15) is 0 Å². The molecule has 0 unspecified atom stereocenters. The van der Waals surface area contributed by atoms with Crippen molar-refractivity contribution in [2.75, 3.05) is 25.0 Å². The standard InChI is InChI=1S/C21H23N3O3/c25-19(14-16-6-2-1-3-7-16)22-15-20(26)23-18-10-8-17(9-11-18)21(27)24-12-4-5-13-24/h1-3,6-11H,4-5,12-15H2,(H,22,25)(H,23,26). The molecule has 1 aliphatic rings. The van der Waals surface area contributed by atoms with Gasteiger partial charge < -0.3 is 15.5 Å². The number of hydrogen-bond donors (Lipinski definition) is 2.